The highest BCUT2D eigenvalue weighted by Gasteiger charge is 2.22. The van der Waals surface area contributed by atoms with Gasteiger partial charge in [0.1, 0.15) is 17.4 Å². The van der Waals surface area contributed by atoms with E-state index in [1.165, 1.54) is 11.3 Å². The van der Waals surface area contributed by atoms with Crippen molar-refractivity contribution < 1.29 is 4.65 Å². The summed E-state index contributed by atoms with van der Waals surface area (Å²) >= 11 is 1.45. The molecule has 0 aliphatic carbocycles. The predicted molar refractivity (Wildman–Crippen MR) is 83.5 cm³/mol. The maximum Gasteiger partial charge on any atom is 0.374 e. The van der Waals surface area contributed by atoms with E-state index in [0.717, 1.165) is 32.5 Å². The molecule has 2 aromatic rings. The van der Waals surface area contributed by atoms with Gasteiger partial charge in [-0.3, -0.25) is 4.68 Å². The van der Waals surface area contributed by atoms with E-state index in [-0.39, 0.29) is 0 Å². The van der Waals surface area contributed by atoms with Gasteiger partial charge in [-0.1, -0.05) is 0 Å². The Labute approximate surface area is 129 Å². The van der Waals surface area contributed by atoms with Crippen molar-refractivity contribution in [2.45, 2.75) is 27.7 Å². The average Bonchev–Trinajstić information content (AvgIpc) is 2.88. The van der Waals surface area contributed by atoms with E-state index in [1.54, 1.807) is 4.68 Å². The Kier molecular flexibility index (Phi) is 4.19. The fourth-order valence-electron chi connectivity index (χ4n) is 2.32. The fourth-order valence-corrected chi connectivity index (χ4v) is 3.24. The van der Waals surface area contributed by atoms with Crippen LogP contribution in [0.4, 0.5) is 0 Å². The minimum absolute atomic E-state index is 0.347. The highest BCUT2D eigenvalue weighted by Crippen LogP contribution is 2.34. The Morgan fingerprint density at radius 2 is 1.95 bits per heavy atom. The highest BCUT2D eigenvalue weighted by molar-refractivity contribution is 7.12. The molecular formula is C14H15BN4OS. The van der Waals surface area contributed by atoms with Gasteiger partial charge in [-0.05, 0) is 27.7 Å². The van der Waals surface area contributed by atoms with Gasteiger partial charge in [0.05, 0.1) is 21.3 Å². The lowest BCUT2D eigenvalue weighted by Crippen LogP contribution is -1.97. The molecule has 0 atom stereocenters. The van der Waals surface area contributed by atoms with Crippen LogP contribution in [0.5, 0.6) is 0 Å². The van der Waals surface area contributed by atoms with Gasteiger partial charge in [-0.25, -0.2) is 4.98 Å². The van der Waals surface area contributed by atoms with E-state index in [4.69, 9.17) is 12.7 Å². The standard InChI is InChI=1S/C14H15BN4OS/c1-7-12(9(3)19(5)18-7)11(6-16)13(20-15)14-8(2)17-10(4)21-14/h1-5H3. The van der Waals surface area contributed by atoms with Crippen LogP contribution in [-0.4, -0.2) is 22.8 Å². The van der Waals surface area contributed by atoms with Crippen LogP contribution in [0.3, 0.4) is 0 Å². The van der Waals surface area contributed by atoms with Crippen molar-refractivity contribution in [2.75, 3.05) is 0 Å². The predicted octanol–water partition coefficient (Wildman–Crippen LogP) is 2.60. The zero-order chi connectivity index (χ0) is 15.7. The molecule has 0 unspecified atom stereocenters. The van der Waals surface area contributed by atoms with Crippen molar-refractivity contribution in [3.63, 3.8) is 0 Å². The Balaban J connectivity index is 2.77. The molecule has 0 N–H and O–H groups in total. The molecule has 0 fully saturated rings. The minimum Gasteiger partial charge on any atom is -0.566 e. The molecule has 2 rings (SSSR count). The van der Waals surface area contributed by atoms with Gasteiger partial charge in [0, 0.05) is 18.3 Å². The van der Waals surface area contributed by atoms with E-state index >= 15 is 0 Å². The zero-order valence-electron chi connectivity index (χ0n) is 12.7. The molecule has 0 saturated heterocycles. The smallest absolute Gasteiger partial charge is 0.374 e. The Morgan fingerprint density at radius 1 is 1.29 bits per heavy atom. The summed E-state index contributed by atoms with van der Waals surface area (Å²) in [7, 11) is 7.29. The van der Waals surface area contributed by atoms with Gasteiger partial charge >= 0.3 is 8.05 Å². The SMILES string of the molecule is [B]OC(=C(C#N)c1c(C)nn(C)c1C)c1sc(C)nc1C. The van der Waals surface area contributed by atoms with Crippen LogP contribution in [0.15, 0.2) is 0 Å². The van der Waals surface area contributed by atoms with Crippen molar-refractivity contribution in [2.24, 2.45) is 7.05 Å². The van der Waals surface area contributed by atoms with Crippen LogP contribution in [0.2, 0.25) is 0 Å². The molecule has 5 nitrogen and oxygen atoms in total. The van der Waals surface area contributed by atoms with Crippen molar-refractivity contribution >= 4 is 30.7 Å². The molecular weight excluding hydrogens is 283 g/mol. The first-order valence-electron chi connectivity index (χ1n) is 6.36. The van der Waals surface area contributed by atoms with Crippen LogP contribution in [0, 0.1) is 39.0 Å². The number of aromatic nitrogens is 3. The summed E-state index contributed by atoms with van der Waals surface area (Å²) in [6.45, 7) is 7.54. The molecule has 2 heterocycles. The third-order valence-electron chi connectivity index (χ3n) is 3.33. The van der Waals surface area contributed by atoms with Crippen molar-refractivity contribution in [1.82, 2.24) is 14.8 Å². The largest absolute Gasteiger partial charge is 0.566 e. The Bertz CT molecular complexity index is 767. The third kappa shape index (κ3) is 2.59. The summed E-state index contributed by atoms with van der Waals surface area (Å²) in [5.41, 5.74) is 3.58. The lowest BCUT2D eigenvalue weighted by atomic mass is 10.0. The summed E-state index contributed by atoms with van der Waals surface area (Å²) in [5.74, 6) is 0.347. The van der Waals surface area contributed by atoms with Crippen LogP contribution in [0.1, 0.15) is 32.5 Å². The summed E-state index contributed by atoms with van der Waals surface area (Å²) in [5, 5.41) is 14.8. The second-order valence-electron chi connectivity index (χ2n) is 4.75. The zero-order valence-corrected chi connectivity index (χ0v) is 13.5. The molecule has 7 heteroatoms. The van der Waals surface area contributed by atoms with E-state index < -0.39 is 0 Å². The normalized spacial score (nSPS) is 12.0. The van der Waals surface area contributed by atoms with E-state index in [9.17, 15) is 5.26 Å². The average molecular weight is 298 g/mol. The number of aryl methyl sites for hydroxylation is 4. The topological polar surface area (TPSA) is 63.7 Å². The number of hydrogen-bond acceptors (Lipinski definition) is 5. The summed E-state index contributed by atoms with van der Waals surface area (Å²) < 4.78 is 6.78. The maximum absolute atomic E-state index is 9.60. The maximum atomic E-state index is 9.60. The number of nitriles is 1. The van der Waals surface area contributed by atoms with Gasteiger partial charge in [0.15, 0.2) is 0 Å². The summed E-state index contributed by atoms with van der Waals surface area (Å²) in [6.07, 6.45) is 0. The van der Waals surface area contributed by atoms with Gasteiger partial charge < -0.3 is 4.65 Å². The molecule has 2 radical (unpaired) electrons. The summed E-state index contributed by atoms with van der Waals surface area (Å²) in [6, 6.07) is 2.20. The lowest BCUT2D eigenvalue weighted by molar-refractivity contribution is 0.576. The molecule has 0 bridgehead atoms. The monoisotopic (exact) mass is 298 g/mol. The van der Waals surface area contributed by atoms with E-state index in [2.05, 4.69) is 16.2 Å². The molecule has 0 spiro atoms. The number of thiazole rings is 1. The van der Waals surface area contributed by atoms with Crippen LogP contribution in [-0.2, 0) is 11.7 Å². The second kappa shape index (κ2) is 5.74. The molecule has 2 aromatic heterocycles. The van der Waals surface area contributed by atoms with Gasteiger partial charge in [-0.15, -0.1) is 11.3 Å². The molecule has 21 heavy (non-hydrogen) atoms. The fraction of sp³-hybridized carbons (Fsp3) is 0.357. The van der Waals surface area contributed by atoms with Gasteiger partial charge in [0.2, 0.25) is 0 Å². The number of allylic oxidation sites excluding steroid dienone is 1. The first-order valence-corrected chi connectivity index (χ1v) is 7.18. The number of nitrogens with zero attached hydrogens (tertiary/aromatic N) is 4. The highest BCUT2D eigenvalue weighted by atomic mass is 32.1. The van der Waals surface area contributed by atoms with Gasteiger partial charge in [0.25, 0.3) is 0 Å². The summed E-state index contributed by atoms with van der Waals surface area (Å²) in [4.78, 5) is 5.13. The number of hydrogen-bond donors (Lipinski definition) is 0. The van der Waals surface area contributed by atoms with Crippen LogP contribution < -0.4 is 0 Å². The quantitative estimate of drug-likeness (QED) is 0.496. The molecule has 0 aliphatic heterocycles. The molecule has 0 aromatic carbocycles. The number of rotatable bonds is 3. The lowest BCUT2D eigenvalue weighted by Gasteiger charge is -2.09. The van der Waals surface area contributed by atoms with Crippen LogP contribution in [0.25, 0.3) is 11.3 Å². The first kappa shape index (κ1) is 15.3. The van der Waals surface area contributed by atoms with Crippen LogP contribution >= 0.6 is 11.3 Å². The molecule has 0 amide bonds. The van der Waals surface area contributed by atoms with E-state index in [1.807, 2.05) is 34.7 Å². The van der Waals surface area contributed by atoms with Crippen molar-refractivity contribution in [1.29, 1.82) is 5.26 Å². The second-order valence-corrected chi connectivity index (χ2v) is 5.95. The molecule has 0 aliphatic rings. The van der Waals surface area contributed by atoms with E-state index in [0.29, 0.717) is 11.3 Å². The molecule has 106 valence electrons. The first-order chi connectivity index (χ1) is 9.90. The van der Waals surface area contributed by atoms with Gasteiger partial charge in [-0.2, -0.15) is 10.4 Å². The molecule has 0 saturated carbocycles. The Morgan fingerprint density at radius 3 is 2.33 bits per heavy atom. The Hall–Kier alpha value is -2.07. The van der Waals surface area contributed by atoms with Crippen molar-refractivity contribution in [3.8, 4) is 6.07 Å². The third-order valence-corrected chi connectivity index (χ3v) is 4.40. The van der Waals surface area contributed by atoms with Crippen molar-refractivity contribution in [3.05, 3.63) is 32.5 Å². The minimum atomic E-state index is 0.347.